The SMILES string of the molecule is O=C(NCc1ccccc1)c1cn(-c2nc(CN3CCOCC3)c3ccccn23)cn1. The first kappa shape index (κ1) is 19.5. The fourth-order valence-electron chi connectivity index (χ4n) is 3.77. The average Bonchev–Trinajstić information content (AvgIpc) is 3.45. The molecule has 0 spiro atoms. The summed E-state index contributed by atoms with van der Waals surface area (Å²) in [6.45, 7) is 4.53. The van der Waals surface area contributed by atoms with Crippen molar-refractivity contribution in [2.24, 2.45) is 0 Å². The zero-order valence-corrected chi connectivity index (χ0v) is 17.1. The first-order chi connectivity index (χ1) is 15.3. The lowest BCUT2D eigenvalue weighted by Gasteiger charge is -2.25. The highest BCUT2D eigenvalue weighted by Gasteiger charge is 2.18. The molecule has 0 radical (unpaired) electrons. The van der Waals surface area contributed by atoms with E-state index in [0.29, 0.717) is 18.2 Å². The van der Waals surface area contributed by atoms with Crippen molar-refractivity contribution >= 4 is 11.4 Å². The average molecular weight is 416 g/mol. The van der Waals surface area contributed by atoms with Crippen LogP contribution in [0.25, 0.3) is 11.5 Å². The van der Waals surface area contributed by atoms with Gasteiger partial charge in [0.2, 0.25) is 5.95 Å². The number of rotatable bonds is 6. The van der Waals surface area contributed by atoms with Crippen molar-refractivity contribution in [3.8, 4) is 5.95 Å². The molecule has 4 aromatic rings. The number of morpholine rings is 1. The predicted molar refractivity (Wildman–Crippen MR) is 116 cm³/mol. The van der Waals surface area contributed by atoms with Crippen LogP contribution in [-0.4, -0.2) is 56.0 Å². The number of nitrogens with one attached hydrogen (secondary N) is 1. The maximum Gasteiger partial charge on any atom is 0.271 e. The first-order valence-electron chi connectivity index (χ1n) is 10.4. The van der Waals surface area contributed by atoms with Gasteiger partial charge in [-0.1, -0.05) is 36.4 Å². The lowest BCUT2D eigenvalue weighted by atomic mass is 10.2. The normalized spacial score (nSPS) is 14.7. The summed E-state index contributed by atoms with van der Waals surface area (Å²) in [6.07, 6.45) is 5.34. The highest BCUT2D eigenvalue weighted by molar-refractivity contribution is 5.92. The molecule has 1 aliphatic heterocycles. The van der Waals surface area contributed by atoms with Crippen LogP contribution in [0.3, 0.4) is 0 Å². The number of hydrogen-bond donors (Lipinski definition) is 1. The number of fused-ring (bicyclic) bond motifs is 1. The van der Waals surface area contributed by atoms with Gasteiger partial charge in [0.15, 0.2) is 0 Å². The van der Waals surface area contributed by atoms with E-state index < -0.39 is 0 Å². The number of aromatic nitrogens is 4. The zero-order chi connectivity index (χ0) is 21.0. The van der Waals surface area contributed by atoms with E-state index in [4.69, 9.17) is 9.72 Å². The molecule has 0 bridgehead atoms. The van der Waals surface area contributed by atoms with Gasteiger partial charge in [0.1, 0.15) is 12.0 Å². The van der Waals surface area contributed by atoms with Crippen LogP contribution in [0.1, 0.15) is 21.7 Å². The van der Waals surface area contributed by atoms with Crippen LogP contribution in [0, 0.1) is 0 Å². The highest BCUT2D eigenvalue weighted by atomic mass is 16.5. The van der Waals surface area contributed by atoms with Crippen molar-refractivity contribution in [2.75, 3.05) is 26.3 Å². The minimum absolute atomic E-state index is 0.211. The predicted octanol–water partition coefficient (Wildman–Crippen LogP) is 2.28. The zero-order valence-electron chi connectivity index (χ0n) is 17.1. The summed E-state index contributed by atoms with van der Waals surface area (Å²) >= 11 is 0. The van der Waals surface area contributed by atoms with Crippen LogP contribution in [0.15, 0.2) is 67.3 Å². The smallest absolute Gasteiger partial charge is 0.271 e. The van der Waals surface area contributed by atoms with Gasteiger partial charge < -0.3 is 10.1 Å². The van der Waals surface area contributed by atoms with Crippen molar-refractivity contribution in [3.63, 3.8) is 0 Å². The summed E-state index contributed by atoms with van der Waals surface area (Å²) in [7, 11) is 0. The maximum atomic E-state index is 12.6. The molecule has 1 N–H and O–H groups in total. The Morgan fingerprint density at radius 3 is 2.71 bits per heavy atom. The molecule has 1 aromatic carbocycles. The number of pyridine rings is 1. The lowest BCUT2D eigenvalue weighted by Crippen LogP contribution is -2.35. The van der Waals surface area contributed by atoms with Gasteiger partial charge >= 0.3 is 0 Å². The minimum Gasteiger partial charge on any atom is -0.379 e. The third-order valence-electron chi connectivity index (χ3n) is 5.43. The molecule has 0 unspecified atom stereocenters. The molecule has 8 nitrogen and oxygen atoms in total. The van der Waals surface area contributed by atoms with E-state index in [0.717, 1.165) is 49.6 Å². The fourth-order valence-corrected chi connectivity index (χ4v) is 3.77. The van der Waals surface area contributed by atoms with E-state index in [-0.39, 0.29) is 5.91 Å². The van der Waals surface area contributed by atoms with Crippen LogP contribution in [0.4, 0.5) is 0 Å². The Balaban J connectivity index is 1.37. The molecule has 8 heteroatoms. The first-order valence-corrected chi connectivity index (χ1v) is 10.4. The van der Waals surface area contributed by atoms with Gasteiger partial charge in [0.25, 0.3) is 5.91 Å². The van der Waals surface area contributed by atoms with E-state index in [1.165, 1.54) is 0 Å². The third kappa shape index (κ3) is 4.21. The second kappa shape index (κ2) is 8.71. The molecule has 1 saturated heterocycles. The van der Waals surface area contributed by atoms with E-state index in [2.05, 4.69) is 21.3 Å². The van der Waals surface area contributed by atoms with Crippen molar-refractivity contribution in [1.29, 1.82) is 0 Å². The molecular formula is C23H24N6O2. The number of benzene rings is 1. The molecule has 158 valence electrons. The van der Waals surface area contributed by atoms with Crippen LogP contribution in [0.5, 0.6) is 0 Å². The molecule has 1 aliphatic rings. The number of carbonyl (C=O) groups is 1. The minimum atomic E-state index is -0.211. The summed E-state index contributed by atoms with van der Waals surface area (Å²) in [4.78, 5) is 24.1. The highest BCUT2D eigenvalue weighted by Crippen LogP contribution is 2.19. The van der Waals surface area contributed by atoms with E-state index >= 15 is 0 Å². The number of amides is 1. The van der Waals surface area contributed by atoms with Crippen molar-refractivity contribution in [2.45, 2.75) is 13.1 Å². The third-order valence-corrected chi connectivity index (χ3v) is 5.43. The Bertz CT molecular complexity index is 1180. The number of imidazole rings is 2. The summed E-state index contributed by atoms with van der Waals surface area (Å²) < 4.78 is 9.28. The fraction of sp³-hybridized carbons (Fsp3) is 0.261. The lowest BCUT2D eigenvalue weighted by molar-refractivity contribution is 0.0339. The topological polar surface area (TPSA) is 76.7 Å². The van der Waals surface area contributed by atoms with Gasteiger partial charge in [0, 0.05) is 38.6 Å². The van der Waals surface area contributed by atoms with E-state index in [9.17, 15) is 4.79 Å². The standard InChI is InChI=1S/C23H24N6O2/c30-22(24-14-18-6-2-1-3-7-18)20-16-28(17-25-20)23-26-19(15-27-10-12-31-13-11-27)21-8-4-5-9-29(21)23/h1-9,16-17H,10-15H2,(H,24,30). The molecule has 1 fully saturated rings. The van der Waals surface area contributed by atoms with Crippen LogP contribution < -0.4 is 5.32 Å². The second-order valence-electron chi connectivity index (χ2n) is 7.54. The van der Waals surface area contributed by atoms with Crippen LogP contribution in [-0.2, 0) is 17.8 Å². The number of nitrogens with zero attached hydrogens (tertiary/aromatic N) is 5. The molecular weight excluding hydrogens is 392 g/mol. The van der Waals surface area contributed by atoms with Crippen LogP contribution in [0.2, 0.25) is 0 Å². The van der Waals surface area contributed by atoms with Crippen molar-refractivity contribution in [1.82, 2.24) is 29.2 Å². The van der Waals surface area contributed by atoms with Crippen molar-refractivity contribution < 1.29 is 9.53 Å². The second-order valence-corrected chi connectivity index (χ2v) is 7.54. The quantitative estimate of drug-likeness (QED) is 0.522. The molecule has 31 heavy (non-hydrogen) atoms. The summed E-state index contributed by atoms with van der Waals surface area (Å²) in [5.41, 5.74) is 3.45. The monoisotopic (exact) mass is 416 g/mol. The summed E-state index contributed by atoms with van der Waals surface area (Å²) in [5, 5.41) is 2.92. The molecule has 3 aromatic heterocycles. The van der Waals surface area contributed by atoms with Gasteiger partial charge in [-0.15, -0.1) is 0 Å². The molecule has 0 atom stereocenters. The maximum absolute atomic E-state index is 12.6. The molecule has 5 rings (SSSR count). The molecule has 0 aliphatic carbocycles. The summed E-state index contributed by atoms with van der Waals surface area (Å²) in [6, 6.07) is 15.9. The van der Waals surface area contributed by atoms with Gasteiger partial charge in [-0.05, 0) is 17.7 Å². The largest absolute Gasteiger partial charge is 0.379 e. The van der Waals surface area contributed by atoms with Gasteiger partial charge in [0.05, 0.1) is 24.4 Å². The Morgan fingerprint density at radius 1 is 1.06 bits per heavy atom. The molecule has 4 heterocycles. The number of ether oxygens (including phenoxy) is 1. The van der Waals surface area contributed by atoms with Crippen molar-refractivity contribution in [3.05, 3.63) is 84.2 Å². The Morgan fingerprint density at radius 2 is 1.87 bits per heavy atom. The number of hydrogen-bond acceptors (Lipinski definition) is 5. The summed E-state index contributed by atoms with van der Waals surface area (Å²) in [5.74, 6) is 0.505. The van der Waals surface area contributed by atoms with Gasteiger partial charge in [-0.25, -0.2) is 9.97 Å². The Labute approximate surface area is 180 Å². The molecule has 0 saturated carbocycles. The Hall–Kier alpha value is -3.49. The van der Waals surface area contributed by atoms with Gasteiger partial charge in [-0.2, -0.15) is 0 Å². The molecule has 1 amide bonds. The Kier molecular flexibility index (Phi) is 5.47. The number of carbonyl (C=O) groups excluding carboxylic acids is 1. The van der Waals surface area contributed by atoms with Gasteiger partial charge in [-0.3, -0.25) is 18.7 Å². The van der Waals surface area contributed by atoms with E-state index in [1.807, 2.05) is 53.1 Å². The van der Waals surface area contributed by atoms with E-state index in [1.54, 1.807) is 17.1 Å². The van der Waals surface area contributed by atoms with Crippen LogP contribution >= 0.6 is 0 Å².